The molecule has 2 atom stereocenters. The van der Waals surface area contributed by atoms with Crippen molar-refractivity contribution in [1.82, 2.24) is 9.97 Å². The smallest absolute Gasteiger partial charge is 0.131 e. The molecule has 1 aliphatic rings. The van der Waals surface area contributed by atoms with Crippen LogP contribution < -0.4 is 0 Å². The molecule has 0 bridgehead atoms. The summed E-state index contributed by atoms with van der Waals surface area (Å²) in [4.78, 5) is 8.66. The topological polar surface area (TPSA) is 46.0 Å². The first-order chi connectivity index (χ1) is 7.33. The highest BCUT2D eigenvalue weighted by Crippen LogP contribution is 2.37. The fraction of sp³-hybridized carbons (Fsp3) is 0.667. The molecule has 0 aromatic carbocycles. The predicted molar refractivity (Wildman–Crippen MR) is 58.3 cm³/mol. The van der Waals surface area contributed by atoms with Crippen LogP contribution in [0.5, 0.6) is 0 Å². The monoisotopic (exact) mass is 206 g/mol. The first kappa shape index (κ1) is 10.6. The molecule has 0 amide bonds. The van der Waals surface area contributed by atoms with Gasteiger partial charge in [-0.1, -0.05) is 13.3 Å². The van der Waals surface area contributed by atoms with Crippen molar-refractivity contribution in [2.24, 2.45) is 5.92 Å². The minimum absolute atomic E-state index is 0.0303. The van der Waals surface area contributed by atoms with Gasteiger partial charge in [-0.05, 0) is 25.2 Å². The van der Waals surface area contributed by atoms with Crippen LogP contribution in [0.4, 0.5) is 0 Å². The molecule has 1 saturated carbocycles. The molecule has 15 heavy (non-hydrogen) atoms. The number of rotatable bonds is 3. The molecular formula is C12H18N2O. The zero-order valence-electron chi connectivity index (χ0n) is 9.19. The molecule has 1 aliphatic carbocycles. The summed E-state index contributed by atoms with van der Waals surface area (Å²) in [7, 11) is 0. The van der Waals surface area contributed by atoms with Crippen molar-refractivity contribution in [2.45, 2.75) is 45.1 Å². The Kier molecular flexibility index (Phi) is 3.31. The Balaban J connectivity index is 2.04. The predicted octanol–water partition coefficient (Wildman–Crippen LogP) is 2.26. The number of aromatic nitrogens is 2. The van der Waals surface area contributed by atoms with E-state index in [1.807, 2.05) is 0 Å². The summed E-state index contributed by atoms with van der Waals surface area (Å²) in [6.07, 6.45) is 8.51. The minimum atomic E-state index is 0.0303. The van der Waals surface area contributed by atoms with E-state index in [2.05, 4.69) is 16.9 Å². The normalized spacial score (nSPS) is 25.7. The third-order valence-corrected chi connectivity index (χ3v) is 3.39. The van der Waals surface area contributed by atoms with Crippen molar-refractivity contribution in [3.63, 3.8) is 0 Å². The van der Waals surface area contributed by atoms with E-state index in [4.69, 9.17) is 5.11 Å². The maximum atomic E-state index is 8.89. The lowest BCUT2D eigenvalue weighted by Crippen LogP contribution is -2.02. The van der Waals surface area contributed by atoms with Crippen molar-refractivity contribution in [3.05, 3.63) is 23.8 Å². The molecule has 1 aromatic heterocycles. The summed E-state index contributed by atoms with van der Waals surface area (Å²) in [6.45, 7) is 2.28. The summed E-state index contributed by atoms with van der Waals surface area (Å²) in [5.41, 5.74) is 0.795. The molecule has 0 aliphatic heterocycles. The van der Waals surface area contributed by atoms with Crippen molar-refractivity contribution in [3.8, 4) is 0 Å². The second kappa shape index (κ2) is 4.71. The fourth-order valence-electron chi connectivity index (χ4n) is 2.34. The molecule has 0 spiro atoms. The lowest BCUT2D eigenvalue weighted by atomic mass is 10.0. The van der Waals surface area contributed by atoms with Crippen molar-refractivity contribution in [2.75, 3.05) is 0 Å². The second-order valence-corrected chi connectivity index (χ2v) is 4.39. The average molecular weight is 206 g/mol. The number of hydrogen-bond acceptors (Lipinski definition) is 3. The van der Waals surface area contributed by atoms with Gasteiger partial charge in [-0.3, -0.25) is 0 Å². The number of aliphatic hydroxyl groups is 1. The van der Waals surface area contributed by atoms with Crippen LogP contribution in [0.15, 0.2) is 12.4 Å². The van der Waals surface area contributed by atoms with Gasteiger partial charge in [0.1, 0.15) is 5.82 Å². The first-order valence-electron chi connectivity index (χ1n) is 5.75. The van der Waals surface area contributed by atoms with Crippen LogP contribution in [0.3, 0.4) is 0 Å². The Hall–Kier alpha value is -0.960. The van der Waals surface area contributed by atoms with Crippen molar-refractivity contribution < 1.29 is 5.11 Å². The molecule has 1 heterocycles. The van der Waals surface area contributed by atoms with Gasteiger partial charge >= 0.3 is 0 Å². The highest BCUT2D eigenvalue weighted by Gasteiger charge is 2.26. The van der Waals surface area contributed by atoms with Crippen molar-refractivity contribution in [1.29, 1.82) is 0 Å². The van der Waals surface area contributed by atoms with Gasteiger partial charge in [0.05, 0.1) is 6.61 Å². The molecule has 0 saturated heterocycles. The number of hydrogen-bond donors (Lipinski definition) is 1. The van der Waals surface area contributed by atoms with Crippen LogP contribution in [-0.4, -0.2) is 15.1 Å². The highest BCUT2D eigenvalue weighted by molar-refractivity contribution is 5.07. The third kappa shape index (κ3) is 2.34. The van der Waals surface area contributed by atoms with Crippen LogP contribution >= 0.6 is 0 Å². The quantitative estimate of drug-likeness (QED) is 0.825. The van der Waals surface area contributed by atoms with E-state index >= 15 is 0 Å². The number of nitrogens with zero attached hydrogens (tertiary/aromatic N) is 2. The van der Waals surface area contributed by atoms with E-state index in [0.717, 1.165) is 17.3 Å². The zero-order valence-corrected chi connectivity index (χ0v) is 9.19. The van der Waals surface area contributed by atoms with Gasteiger partial charge in [0, 0.05) is 23.9 Å². The van der Waals surface area contributed by atoms with Crippen molar-refractivity contribution >= 4 is 0 Å². The van der Waals surface area contributed by atoms with Gasteiger partial charge in [0.2, 0.25) is 0 Å². The van der Waals surface area contributed by atoms with Crippen LogP contribution in [0, 0.1) is 5.92 Å². The molecule has 3 nitrogen and oxygen atoms in total. The summed E-state index contributed by atoms with van der Waals surface area (Å²) in [5, 5.41) is 8.89. The SMILES string of the molecule is CCC1CCC(c2ncc(CO)cn2)C1. The van der Waals surface area contributed by atoms with Gasteiger partial charge in [-0.2, -0.15) is 0 Å². The average Bonchev–Trinajstić information content (AvgIpc) is 2.78. The molecule has 0 radical (unpaired) electrons. The van der Waals surface area contributed by atoms with E-state index in [1.54, 1.807) is 12.4 Å². The second-order valence-electron chi connectivity index (χ2n) is 4.39. The summed E-state index contributed by atoms with van der Waals surface area (Å²) in [6, 6.07) is 0. The van der Waals surface area contributed by atoms with E-state index in [9.17, 15) is 0 Å². The lowest BCUT2D eigenvalue weighted by Gasteiger charge is -2.08. The van der Waals surface area contributed by atoms with Crippen LogP contribution in [0.1, 0.15) is 49.9 Å². The Labute approximate surface area is 90.6 Å². The molecule has 3 heteroatoms. The maximum absolute atomic E-state index is 8.89. The van der Waals surface area contributed by atoms with Gasteiger partial charge in [0.25, 0.3) is 0 Å². The van der Waals surface area contributed by atoms with Gasteiger partial charge in [-0.25, -0.2) is 9.97 Å². The summed E-state index contributed by atoms with van der Waals surface area (Å²) < 4.78 is 0. The fourth-order valence-corrected chi connectivity index (χ4v) is 2.34. The van der Waals surface area contributed by atoms with E-state index in [1.165, 1.54) is 25.7 Å². The molecular weight excluding hydrogens is 188 g/mol. The Morgan fingerprint density at radius 1 is 1.33 bits per heavy atom. The lowest BCUT2D eigenvalue weighted by molar-refractivity contribution is 0.280. The first-order valence-corrected chi connectivity index (χ1v) is 5.75. The van der Waals surface area contributed by atoms with E-state index in [0.29, 0.717) is 5.92 Å². The maximum Gasteiger partial charge on any atom is 0.131 e. The Morgan fingerprint density at radius 2 is 2.07 bits per heavy atom. The Bertz CT molecular complexity index is 310. The third-order valence-electron chi connectivity index (χ3n) is 3.39. The summed E-state index contributed by atoms with van der Waals surface area (Å²) in [5.74, 6) is 2.36. The Morgan fingerprint density at radius 3 is 2.60 bits per heavy atom. The van der Waals surface area contributed by atoms with Gasteiger partial charge in [0.15, 0.2) is 0 Å². The number of aliphatic hydroxyl groups excluding tert-OH is 1. The van der Waals surface area contributed by atoms with Crippen LogP contribution in [0.2, 0.25) is 0 Å². The largest absolute Gasteiger partial charge is 0.392 e. The van der Waals surface area contributed by atoms with E-state index in [-0.39, 0.29) is 6.61 Å². The molecule has 1 aromatic rings. The van der Waals surface area contributed by atoms with Gasteiger partial charge in [-0.15, -0.1) is 0 Å². The van der Waals surface area contributed by atoms with Crippen LogP contribution in [-0.2, 0) is 6.61 Å². The van der Waals surface area contributed by atoms with E-state index < -0.39 is 0 Å². The summed E-state index contributed by atoms with van der Waals surface area (Å²) >= 11 is 0. The zero-order chi connectivity index (χ0) is 10.7. The highest BCUT2D eigenvalue weighted by atomic mass is 16.3. The standard InChI is InChI=1S/C12H18N2O/c1-2-9-3-4-11(5-9)12-13-6-10(8-15)7-14-12/h6-7,9,11,15H,2-5,8H2,1H3. The molecule has 2 unspecified atom stereocenters. The molecule has 1 fully saturated rings. The van der Waals surface area contributed by atoms with Crippen LogP contribution in [0.25, 0.3) is 0 Å². The minimum Gasteiger partial charge on any atom is -0.392 e. The van der Waals surface area contributed by atoms with Gasteiger partial charge < -0.3 is 5.11 Å². The molecule has 82 valence electrons. The molecule has 1 N–H and O–H groups in total. The molecule has 2 rings (SSSR count).